The fourth-order valence-corrected chi connectivity index (χ4v) is 2.82. The summed E-state index contributed by atoms with van der Waals surface area (Å²) >= 11 is 0. The highest BCUT2D eigenvalue weighted by Gasteiger charge is 2.29. The van der Waals surface area contributed by atoms with Gasteiger partial charge in [-0.05, 0) is 37.1 Å². The normalized spacial score (nSPS) is 13.0. The molecule has 6 heteroatoms. The molecule has 0 spiro atoms. The molecule has 0 fully saturated rings. The van der Waals surface area contributed by atoms with Gasteiger partial charge in [0.25, 0.3) is 0 Å². The van der Waals surface area contributed by atoms with Gasteiger partial charge in [0, 0.05) is 25.3 Å². The highest BCUT2D eigenvalue weighted by Crippen LogP contribution is 2.14. The summed E-state index contributed by atoms with van der Waals surface area (Å²) in [5.74, 6) is 0.464. The summed E-state index contributed by atoms with van der Waals surface area (Å²) in [6.45, 7) is 12.6. The molecule has 0 saturated heterocycles. The summed E-state index contributed by atoms with van der Waals surface area (Å²) in [4.78, 5) is 29.3. The molecule has 28 heavy (non-hydrogen) atoms. The summed E-state index contributed by atoms with van der Waals surface area (Å²) in [7, 11) is 0. The van der Waals surface area contributed by atoms with Crippen LogP contribution in [0.25, 0.3) is 0 Å². The smallest absolute Gasteiger partial charge is 0.356 e. The number of nitrogens with zero attached hydrogens (tertiary/aromatic N) is 2. The summed E-state index contributed by atoms with van der Waals surface area (Å²) in [6.07, 6.45) is 10.2. The van der Waals surface area contributed by atoms with Crippen LogP contribution in [0.2, 0.25) is 0 Å². The van der Waals surface area contributed by atoms with Crippen LogP contribution in [0.1, 0.15) is 91.9 Å². The molecule has 2 N–H and O–H groups in total. The zero-order chi connectivity index (χ0) is 21.2. The van der Waals surface area contributed by atoms with Crippen molar-refractivity contribution in [3.8, 4) is 0 Å². The van der Waals surface area contributed by atoms with Crippen LogP contribution in [0.4, 0.5) is 0 Å². The van der Waals surface area contributed by atoms with Crippen LogP contribution in [0.3, 0.4) is 0 Å². The first kappa shape index (κ1) is 26.1. The lowest BCUT2D eigenvalue weighted by Gasteiger charge is -2.18. The number of hydrogen-bond donors (Lipinski definition) is 2. The monoisotopic (exact) mass is 393 g/mol. The molecule has 0 heterocycles. The predicted molar refractivity (Wildman–Crippen MR) is 120 cm³/mol. The molecule has 0 saturated carbocycles. The molecule has 2 atom stereocenters. The van der Waals surface area contributed by atoms with E-state index in [1.165, 1.54) is 0 Å². The molecule has 0 aliphatic carbocycles. The Morgan fingerprint density at radius 1 is 1.07 bits per heavy atom. The number of rotatable bonds is 15. The van der Waals surface area contributed by atoms with E-state index in [1.807, 2.05) is 6.92 Å². The summed E-state index contributed by atoms with van der Waals surface area (Å²) < 4.78 is 4.04. The fraction of sp³-hybridized carbons (Fsp3) is 0.773. The van der Waals surface area contributed by atoms with Crippen molar-refractivity contribution in [1.29, 1.82) is 0 Å². The highest BCUT2D eigenvalue weighted by atomic mass is 16.2. The Morgan fingerprint density at radius 2 is 1.79 bits per heavy atom. The third-order valence-corrected chi connectivity index (χ3v) is 4.71. The lowest BCUT2D eigenvalue weighted by Crippen LogP contribution is -2.44. The molecule has 0 aliphatic rings. The number of hydrogen-bond acceptors (Lipinski definition) is 2. The van der Waals surface area contributed by atoms with E-state index < -0.39 is 6.04 Å². The largest absolute Gasteiger partial charge is 0.410 e. The number of amidine groups is 1. The van der Waals surface area contributed by atoms with Crippen molar-refractivity contribution >= 4 is 30.6 Å². The molecule has 0 bridgehead atoms. The third kappa shape index (κ3) is 11.7. The van der Waals surface area contributed by atoms with Crippen molar-refractivity contribution in [3.63, 3.8) is 0 Å². The molecule has 6 nitrogen and oxygen atoms in total. The number of amides is 2. The van der Waals surface area contributed by atoms with E-state index in [2.05, 4.69) is 47.8 Å². The Balaban J connectivity index is 5.07. The number of aliphatic imine (C=N–C) groups is 1. The third-order valence-electron chi connectivity index (χ3n) is 4.71. The van der Waals surface area contributed by atoms with Gasteiger partial charge in [-0.3, -0.25) is 9.59 Å². The average molecular weight is 394 g/mol. The van der Waals surface area contributed by atoms with Crippen molar-refractivity contribution in [2.75, 3.05) is 6.54 Å². The van der Waals surface area contributed by atoms with Crippen LogP contribution >= 0.6 is 0 Å². The molecule has 160 valence electrons. The van der Waals surface area contributed by atoms with Crippen LogP contribution in [0.5, 0.6) is 0 Å². The number of unbranched alkanes of at least 4 members (excludes halogenated alkanes) is 3. The number of carbonyl (C=O) groups is 2. The standard InChI is InChI=1S/C22H40N4O2/c1-6-10-13-18(9-4)22(28)26-19(21(23-5)25-17-12-8-3)14-15-20(27)24-16-11-7-2/h17-19H,5-16H2,1-4H3,(H-,24,26,27,28)/p+1. The van der Waals surface area contributed by atoms with Gasteiger partial charge < -0.3 is 10.6 Å². The Kier molecular flexibility index (Phi) is 16.0. The van der Waals surface area contributed by atoms with Gasteiger partial charge >= 0.3 is 5.84 Å². The zero-order valence-corrected chi connectivity index (χ0v) is 18.4. The highest BCUT2D eigenvalue weighted by molar-refractivity contribution is 5.96. The average Bonchev–Trinajstić information content (AvgIpc) is 2.69. The Morgan fingerprint density at radius 3 is 2.36 bits per heavy atom. The quantitative estimate of drug-likeness (QED) is 0.193. The topological polar surface area (TPSA) is 84.7 Å². The predicted octanol–water partition coefficient (Wildman–Crippen LogP) is 3.42. The second-order valence-electron chi connectivity index (χ2n) is 7.17. The molecule has 0 rings (SSSR count). The molecule has 2 amide bonds. The maximum absolute atomic E-state index is 12.8. The molecule has 0 aromatic carbocycles. The van der Waals surface area contributed by atoms with E-state index in [-0.39, 0.29) is 17.7 Å². The van der Waals surface area contributed by atoms with Gasteiger partial charge in [0.15, 0.2) is 12.8 Å². The summed E-state index contributed by atoms with van der Waals surface area (Å²) in [5, 5.41) is 5.99. The fourth-order valence-electron chi connectivity index (χ4n) is 2.82. The van der Waals surface area contributed by atoms with Gasteiger partial charge in [-0.2, -0.15) is 0 Å². The number of nitrogens with one attached hydrogen (secondary N) is 2. The molecular formula is C22H41N4O2+. The zero-order valence-electron chi connectivity index (χ0n) is 18.4. The maximum Gasteiger partial charge on any atom is 0.410 e. The maximum atomic E-state index is 12.8. The molecule has 0 aliphatic heterocycles. The van der Waals surface area contributed by atoms with Gasteiger partial charge in [-0.25, -0.2) is 4.67 Å². The first-order valence-corrected chi connectivity index (χ1v) is 11.0. The first-order chi connectivity index (χ1) is 13.5. The van der Waals surface area contributed by atoms with E-state index in [0.29, 0.717) is 25.2 Å². The SMILES string of the molecule is C=[N+]=C(N=CCCC)C(CCC(=O)NCCCC)NC(=O)C(CC)CCCC. The van der Waals surface area contributed by atoms with Gasteiger partial charge in [-0.15, -0.1) is 0 Å². The molecular weight excluding hydrogens is 352 g/mol. The second kappa shape index (κ2) is 17.2. The van der Waals surface area contributed by atoms with E-state index in [4.69, 9.17) is 0 Å². The van der Waals surface area contributed by atoms with E-state index in [0.717, 1.165) is 51.4 Å². The van der Waals surface area contributed by atoms with Gasteiger partial charge in [0.2, 0.25) is 11.8 Å². The minimum atomic E-state index is -0.397. The van der Waals surface area contributed by atoms with Crippen LogP contribution in [0.15, 0.2) is 4.99 Å². The molecule has 0 aromatic rings. The van der Waals surface area contributed by atoms with Gasteiger partial charge in [0.05, 0.1) is 0 Å². The lowest BCUT2D eigenvalue weighted by atomic mass is 9.97. The van der Waals surface area contributed by atoms with E-state index in [9.17, 15) is 9.59 Å². The summed E-state index contributed by atoms with van der Waals surface area (Å²) in [6, 6.07) is -0.397. The van der Waals surface area contributed by atoms with Crippen molar-refractivity contribution < 1.29 is 9.59 Å². The molecule has 2 unspecified atom stereocenters. The molecule has 0 radical (unpaired) electrons. The van der Waals surface area contributed by atoms with Crippen LogP contribution in [0, 0.1) is 5.92 Å². The Labute approximate surface area is 171 Å². The van der Waals surface area contributed by atoms with Crippen LogP contribution < -0.4 is 15.3 Å². The number of carbonyl (C=O) groups excluding carboxylic acids is 2. The van der Waals surface area contributed by atoms with Crippen molar-refractivity contribution in [2.45, 2.75) is 97.9 Å². The van der Waals surface area contributed by atoms with Crippen LogP contribution in [-0.4, -0.2) is 43.2 Å². The summed E-state index contributed by atoms with van der Waals surface area (Å²) in [5.41, 5.74) is 0. The Bertz CT molecular complexity index is 525. The first-order valence-electron chi connectivity index (χ1n) is 11.0. The Hall–Kier alpha value is -1.94. The van der Waals surface area contributed by atoms with E-state index >= 15 is 0 Å². The van der Waals surface area contributed by atoms with Crippen molar-refractivity contribution in [2.24, 2.45) is 10.9 Å². The minimum absolute atomic E-state index is 0.00771. The lowest BCUT2D eigenvalue weighted by molar-refractivity contribution is -0.126. The van der Waals surface area contributed by atoms with Gasteiger partial charge in [0.1, 0.15) is 6.21 Å². The van der Waals surface area contributed by atoms with Crippen LogP contribution in [-0.2, 0) is 9.59 Å². The van der Waals surface area contributed by atoms with Gasteiger partial charge in [-0.1, -0.05) is 47.0 Å². The minimum Gasteiger partial charge on any atom is -0.356 e. The second-order valence-corrected chi connectivity index (χ2v) is 7.17. The van der Waals surface area contributed by atoms with Crippen molar-refractivity contribution in [3.05, 3.63) is 0 Å². The van der Waals surface area contributed by atoms with E-state index in [1.54, 1.807) is 6.21 Å². The molecule has 0 aromatic heterocycles. The van der Waals surface area contributed by atoms with Crippen molar-refractivity contribution in [1.82, 2.24) is 15.3 Å².